The number of nitro groups is 1. The molecule has 148 valence electrons. The Labute approximate surface area is 165 Å². The highest BCUT2D eigenvalue weighted by atomic mass is 16.6. The van der Waals surface area contributed by atoms with Crippen molar-refractivity contribution in [2.24, 2.45) is 0 Å². The molecule has 0 spiro atoms. The van der Waals surface area contributed by atoms with Crippen LogP contribution in [0.4, 0.5) is 11.4 Å². The third-order valence-corrected chi connectivity index (χ3v) is 4.30. The zero-order valence-corrected chi connectivity index (χ0v) is 15.7. The molecule has 1 aromatic heterocycles. The third kappa shape index (κ3) is 4.46. The van der Waals surface area contributed by atoms with Crippen LogP contribution in [0.15, 0.2) is 65.5 Å². The van der Waals surface area contributed by atoms with Crippen molar-refractivity contribution in [3.63, 3.8) is 0 Å². The number of nitrogens with one attached hydrogen (secondary N) is 1. The molecule has 0 fully saturated rings. The van der Waals surface area contributed by atoms with Gasteiger partial charge in [-0.2, -0.15) is 5.10 Å². The first kappa shape index (κ1) is 19.7. The summed E-state index contributed by atoms with van der Waals surface area (Å²) in [7, 11) is 1.57. The standard InChI is InChI=1S/C20H18N4O5/c1-13(20(26)21-15-5-7-16(8-6-15)24(27)28)23-19(25)12-11-18(22-23)14-3-9-17(29-2)10-4-14/h3-13H,1-2H3,(H,21,26). The van der Waals surface area contributed by atoms with Crippen molar-refractivity contribution < 1.29 is 14.5 Å². The molecular formula is C20H18N4O5. The van der Waals surface area contributed by atoms with Crippen molar-refractivity contribution in [1.82, 2.24) is 9.78 Å². The molecule has 0 bridgehead atoms. The third-order valence-electron chi connectivity index (χ3n) is 4.30. The maximum absolute atomic E-state index is 12.6. The number of hydrogen-bond donors (Lipinski definition) is 1. The minimum absolute atomic E-state index is 0.0823. The summed E-state index contributed by atoms with van der Waals surface area (Å²) < 4.78 is 6.23. The van der Waals surface area contributed by atoms with E-state index in [4.69, 9.17) is 4.74 Å². The number of carbonyl (C=O) groups excluding carboxylic acids is 1. The average molecular weight is 394 g/mol. The molecule has 0 radical (unpaired) electrons. The van der Waals surface area contributed by atoms with Crippen molar-refractivity contribution in [3.8, 4) is 17.0 Å². The number of aromatic nitrogens is 2. The lowest BCUT2D eigenvalue weighted by atomic mass is 10.1. The van der Waals surface area contributed by atoms with E-state index in [1.165, 1.54) is 30.3 Å². The first-order chi connectivity index (χ1) is 13.9. The van der Waals surface area contributed by atoms with Crippen LogP contribution in [0.5, 0.6) is 5.75 Å². The van der Waals surface area contributed by atoms with Crippen LogP contribution in [0, 0.1) is 10.1 Å². The van der Waals surface area contributed by atoms with Crippen LogP contribution in [0.25, 0.3) is 11.3 Å². The van der Waals surface area contributed by atoms with Crippen LogP contribution in [0.1, 0.15) is 13.0 Å². The lowest BCUT2D eigenvalue weighted by molar-refractivity contribution is -0.384. The first-order valence-electron chi connectivity index (χ1n) is 8.68. The molecule has 9 heteroatoms. The Morgan fingerprint density at radius 1 is 1.10 bits per heavy atom. The number of carbonyl (C=O) groups is 1. The van der Waals surface area contributed by atoms with Crippen LogP contribution in [-0.4, -0.2) is 27.7 Å². The number of nitro benzene ring substituents is 1. The molecule has 1 heterocycles. The molecule has 1 N–H and O–H groups in total. The molecule has 3 rings (SSSR count). The second kappa shape index (κ2) is 8.34. The summed E-state index contributed by atoms with van der Waals surface area (Å²) in [6.07, 6.45) is 0. The molecule has 2 aromatic carbocycles. The van der Waals surface area contributed by atoms with Gasteiger partial charge in [0.15, 0.2) is 0 Å². The van der Waals surface area contributed by atoms with Crippen LogP contribution < -0.4 is 15.6 Å². The molecule has 1 atom stereocenters. The normalized spacial score (nSPS) is 11.5. The summed E-state index contributed by atoms with van der Waals surface area (Å²) in [4.78, 5) is 35.0. The van der Waals surface area contributed by atoms with Gasteiger partial charge >= 0.3 is 0 Å². The highest BCUT2D eigenvalue weighted by Gasteiger charge is 2.18. The topological polar surface area (TPSA) is 116 Å². The van der Waals surface area contributed by atoms with E-state index in [-0.39, 0.29) is 5.69 Å². The Morgan fingerprint density at radius 2 is 1.76 bits per heavy atom. The number of benzene rings is 2. The quantitative estimate of drug-likeness (QED) is 0.507. The number of ether oxygens (including phenoxy) is 1. The van der Waals surface area contributed by atoms with Gasteiger partial charge < -0.3 is 10.1 Å². The van der Waals surface area contributed by atoms with Gasteiger partial charge in [0, 0.05) is 29.4 Å². The number of hydrogen-bond acceptors (Lipinski definition) is 6. The predicted molar refractivity (Wildman–Crippen MR) is 107 cm³/mol. The number of anilines is 1. The molecule has 29 heavy (non-hydrogen) atoms. The highest BCUT2D eigenvalue weighted by molar-refractivity contribution is 5.93. The molecule has 1 amide bonds. The summed E-state index contributed by atoms with van der Waals surface area (Å²) in [5.41, 5.74) is 1.17. The van der Waals surface area contributed by atoms with Crippen molar-refractivity contribution in [2.45, 2.75) is 13.0 Å². The maximum atomic E-state index is 12.6. The van der Waals surface area contributed by atoms with Gasteiger partial charge in [-0.1, -0.05) is 0 Å². The van der Waals surface area contributed by atoms with Gasteiger partial charge in [-0.05, 0) is 49.4 Å². The smallest absolute Gasteiger partial charge is 0.269 e. The van der Waals surface area contributed by atoms with Crippen LogP contribution in [0.2, 0.25) is 0 Å². The summed E-state index contributed by atoms with van der Waals surface area (Å²) in [6.45, 7) is 1.55. The summed E-state index contributed by atoms with van der Waals surface area (Å²) in [5, 5.41) is 17.7. The summed E-state index contributed by atoms with van der Waals surface area (Å²) in [5.74, 6) is 0.221. The van der Waals surface area contributed by atoms with Gasteiger partial charge in [0.2, 0.25) is 5.91 Å². The average Bonchev–Trinajstić information content (AvgIpc) is 2.74. The van der Waals surface area contributed by atoms with Gasteiger partial charge in [-0.3, -0.25) is 19.7 Å². The molecule has 3 aromatic rings. The molecule has 9 nitrogen and oxygen atoms in total. The van der Waals surface area contributed by atoms with E-state index in [2.05, 4.69) is 10.4 Å². The summed E-state index contributed by atoms with van der Waals surface area (Å²) >= 11 is 0. The number of rotatable bonds is 6. The number of amides is 1. The van der Waals surface area contributed by atoms with Crippen molar-refractivity contribution in [1.29, 1.82) is 0 Å². The highest BCUT2D eigenvalue weighted by Crippen LogP contribution is 2.21. The molecule has 0 aliphatic rings. The van der Waals surface area contributed by atoms with Crippen LogP contribution in [0.3, 0.4) is 0 Å². The van der Waals surface area contributed by atoms with Crippen molar-refractivity contribution in [3.05, 3.63) is 81.1 Å². The van der Waals surface area contributed by atoms with E-state index in [1.807, 2.05) is 0 Å². The first-order valence-corrected chi connectivity index (χ1v) is 8.68. The zero-order chi connectivity index (χ0) is 21.0. The largest absolute Gasteiger partial charge is 0.497 e. The second-order valence-electron chi connectivity index (χ2n) is 6.20. The van der Waals surface area contributed by atoms with E-state index in [0.717, 1.165) is 10.2 Å². The van der Waals surface area contributed by atoms with E-state index in [9.17, 15) is 19.7 Å². The number of nitrogens with zero attached hydrogens (tertiary/aromatic N) is 3. The fourth-order valence-corrected chi connectivity index (χ4v) is 2.64. The predicted octanol–water partition coefficient (Wildman–Crippen LogP) is 3.03. The Balaban J connectivity index is 1.81. The zero-order valence-electron chi connectivity index (χ0n) is 15.7. The number of methoxy groups -OCH3 is 1. The Bertz CT molecular complexity index is 1090. The van der Waals surface area contributed by atoms with E-state index >= 15 is 0 Å². The van der Waals surface area contributed by atoms with E-state index in [0.29, 0.717) is 17.1 Å². The Hall–Kier alpha value is -4.01. The van der Waals surface area contributed by atoms with Crippen LogP contribution in [-0.2, 0) is 4.79 Å². The van der Waals surface area contributed by atoms with E-state index in [1.54, 1.807) is 44.4 Å². The lowest BCUT2D eigenvalue weighted by Crippen LogP contribution is -2.33. The second-order valence-corrected chi connectivity index (χ2v) is 6.20. The molecule has 0 saturated carbocycles. The van der Waals surface area contributed by atoms with Gasteiger partial charge in [0.25, 0.3) is 11.2 Å². The van der Waals surface area contributed by atoms with Crippen LogP contribution >= 0.6 is 0 Å². The minimum atomic E-state index is -0.893. The van der Waals surface area contributed by atoms with Gasteiger partial charge in [-0.25, -0.2) is 4.68 Å². The van der Waals surface area contributed by atoms with E-state index < -0.39 is 22.4 Å². The number of non-ortho nitro benzene ring substituents is 1. The lowest BCUT2D eigenvalue weighted by Gasteiger charge is -2.15. The molecule has 1 unspecified atom stereocenters. The minimum Gasteiger partial charge on any atom is -0.497 e. The Kier molecular flexibility index (Phi) is 5.68. The molecule has 0 saturated heterocycles. The van der Waals surface area contributed by atoms with Gasteiger partial charge in [0.05, 0.1) is 17.7 Å². The fourth-order valence-electron chi connectivity index (χ4n) is 2.64. The van der Waals surface area contributed by atoms with Gasteiger partial charge in [0.1, 0.15) is 11.8 Å². The molecule has 0 aliphatic carbocycles. The Morgan fingerprint density at radius 3 is 2.34 bits per heavy atom. The monoisotopic (exact) mass is 394 g/mol. The summed E-state index contributed by atoms with van der Waals surface area (Å²) in [6, 6.07) is 14.6. The van der Waals surface area contributed by atoms with Gasteiger partial charge in [-0.15, -0.1) is 0 Å². The SMILES string of the molecule is COc1ccc(-c2ccc(=O)n(C(C)C(=O)Nc3ccc([N+](=O)[O-])cc3)n2)cc1. The molecule has 0 aliphatic heterocycles. The van der Waals surface area contributed by atoms with Crippen molar-refractivity contribution >= 4 is 17.3 Å². The maximum Gasteiger partial charge on any atom is 0.269 e. The molecular weight excluding hydrogens is 376 g/mol. The van der Waals surface area contributed by atoms with Crippen molar-refractivity contribution in [2.75, 3.05) is 12.4 Å². The fraction of sp³-hybridized carbons (Fsp3) is 0.150.